The van der Waals surface area contributed by atoms with Gasteiger partial charge in [0.1, 0.15) is 0 Å². The van der Waals surface area contributed by atoms with Gasteiger partial charge in [-0.05, 0) is 24.5 Å². The Morgan fingerprint density at radius 1 is 1.53 bits per heavy atom. The topological polar surface area (TPSA) is 38.3 Å². The van der Waals surface area contributed by atoms with Crippen LogP contribution >= 0.6 is 0 Å². The van der Waals surface area contributed by atoms with Crippen molar-refractivity contribution in [1.29, 1.82) is 0 Å². The minimum atomic E-state index is -0.146. The normalized spacial score (nSPS) is 18.9. The number of esters is 1. The zero-order valence-electron chi connectivity index (χ0n) is 8.82. The summed E-state index contributed by atoms with van der Waals surface area (Å²) in [5.41, 5.74) is 2.48. The average molecular weight is 205 g/mol. The average Bonchev–Trinajstić information content (AvgIpc) is 2.29. The van der Waals surface area contributed by atoms with Gasteiger partial charge in [-0.2, -0.15) is 0 Å². The van der Waals surface area contributed by atoms with Gasteiger partial charge in [-0.1, -0.05) is 18.2 Å². The maximum atomic E-state index is 11.1. The van der Waals surface area contributed by atoms with Crippen molar-refractivity contribution < 1.29 is 9.53 Å². The van der Waals surface area contributed by atoms with Gasteiger partial charge in [0.05, 0.1) is 13.5 Å². The van der Waals surface area contributed by atoms with Crippen molar-refractivity contribution >= 4 is 11.7 Å². The predicted octanol–water partition coefficient (Wildman–Crippen LogP) is 1.98. The summed E-state index contributed by atoms with van der Waals surface area (Å²) in [6, 6.07) is 8.44. The first-order valence-corrected chi connectivity index (χ1v) is 5.21. The number of hydrogen-bond donors (Lipinski definition) is 1. The number of carbonyl (C=O) groups excluding carboxylic acids is 1. The lowest BCUT2D eigenvalue weighted by Crippen LogP contribution is -2.28. The summed E-state index contributed by atoms with van der Waals surface area (Å²) in [5.74, 6) is -0.146. The summed E-state index contributed by atoms with van der Waals surface area (Å²) in [4.78, 5) is 11.1. The molecule has 0 saturated carbocycles. The number of carbonyl (C=O) groups is 1. The van der Waals surface area contributed by atoms with Gasteiger partial charge in [0.25, 0.3) is 0 Å². The van der Waals surface area contributed by atoms with Crippen LogP contribution in [0.1, 0.15) is 18.4 Å². The summed E-state index contributed by atoms with van der Waals surface area (Å²) in [7, 11) is 1.43. The largest absolute Gasteiger partial charge is 0.469 e. The van der Waals surface area contributed by atoms with Crippen LogP contribution < -0.4 is 5.32 Å². The van der Waals surface area contributed by atoms with Gasteiger partial charge < -0.3 is 10.1 Å². The maximum Gasteiger partial charge on any atom is 0.307 e. The lowest BCUT2D eigenvalue weighted by Gasteiger charge is -2.26. The summed E-state index contributed by atoms with van der Waals surface area (Å²) < 4.78 is 4.66. The predicted molar refractivity (Wildman–Crippen MR) is 58.8 cm³/mol. The van der Waals surface area contributed by atoms with Crippen molar-refractivity contribution in [3.8, 4) is 0 Å². The molecule has 0 amide bonds. The molecule has 3 nitrogen and oxygen atoms in total. The molecule has 1 atom stereocenters. The number of aryl methyl sites for hydroxylation is 1. The van der Waals surface area contributed by atoms with E-state index in [1.54, 1.807) is 0 Å². The second-order valence-electron chi connectivity index (χ2n) is 3.82. The third-order valence-corrected chi connectivity index (χ3v) is 2.78. The Morgan fingerprint density at radius 3 is 3.13 bits per heavy atom. The van der Waals surface area contributed by atoms with E-state index in [1.165, 1.54) is 12.7 Å². The quantitative estimate of drug-likeness (QED) is 0.750. The fourth-order valence-electron chi connectivity index (χ4n) is 1.94. The van der Waals surface area contributed by atoms with Gasteiger partial charge >= 0.3 is 5.97 Å². The Bertz CT molecular complexity index is 362. The standard InChI is InChI=1S/C12H15NO2/c1-15-12(14)8-10-7-6-9-4-2-3-5-11(9)13-10/h2-5,10,13H,6-8H2,1H3. The number of anilines is 1. The van der Waals surface area contributed by atoms with Gasteiger partial charge in [0.15, 0.2) is 0 Å². The zero-order valence-corrected chi connectivity index (χ0v) is 8.82. The Hall–Kier alpha value is -1.51. The van der Waals surface area contributed by atoms with E-state index in [2.05, 4.69) is 22.2 Å². The van der Waals surface area contributed by atoms with Crippen molar-refractivity contribution in [2.24, 2.45) is 0 Å². The van der Waals surface area contributed by atoms with Gasteiger partial charge in [-0.15, -0.1) is 0 Å². The van der Waals surface area contributed by atoms with Gasteiger partial charge in [-0.3, -0.25) is 4.79 Å². The Labute approximate surface area is 89.4 Å². The molecule has 1 aliphatic heterocycles. The fourth-order valence-corrected chi connectivity index (χ4v) is 1.94. The summed E-state index contributed by atoms with van der Waals surface area (Å²) in [6.45, 7) is 0. The van der Waals surface area contributed by atoms with E-state index in [9.17, 15) is 4.79 Å². The number of methoxy groups -OCH3 is 1. The van der Waals surface area contributed by atoms with Crippen molar-refractivity contribution in [3.63, 3.8) is 0 Å². The molecule has 0 aliphatic carbocycles. The van der Waals surface area contributed by atoms with Gasteiger partial charge in [-0.25, -0.2) is 0 Å². The molecule has 0 spiro atoms. The van der Waals surface area contributed by atoms with Crippen molar-refractivity contribution in [2.45, 2.75) is 25.3 Å². The molecule has 1 aliphatic rings. The molecule has 1 aromatic carbocycles. The first-order valence-electron chi connectivity index (χ1n) is 5.21. The Balaban J connectivity index is 2.02. The van der Waals surface area contributed by atoms with E-state index in [0.717, 1.165) is 18.5 Å². The van der Waals surface area contributed by atoms with Crippen LogP contribution in [-0.4, -0.2) is 19.1 Å². The SMILES string of the molecule is COC(=O)CC1CCc2ccccc2N1. The minimum Gasteiger partial charge on any atom is -0.469 e. The molecule has 15 heavy (non-hydrogen) atoms. The van der Waals surface area contributed by atoms with E-state index in [1.807, 2.05) is 12.1 Å². The molecule has 1 unspecified atom stereocenters. The molecule has 80 valence electrons. The van der Waals surface area contributed by atoms with E-state index in [-0.39, 0.29) is 12.0 Å². The van der Waals surface area contributed by atoms with Crippen molar-refractivity contribution in [1.82, 2.24) is 0 Å². The molecule has 1 heterocycles. The van der Waals surface area contributed by atoms with Crippen LogP contribution in [0.5, 0.6) is 0 Å². The van der Waals surface area contributed by atoms with E-state index < -0.39 is 0 Å². The highest BCUT2D eigenvalue weighted by molar-refractivity contribution is 5.71. The summed E-state index contributed by atoms with van der Waals surface area (Å²) in [6.07, 6.45) is 2.47. The number of nitrogens with one attached hydrogen (secondary N) is 1. The summed E-state index contributed by atoms with van der Waals surface area (Å²) in [5, 5.41) is 3.36. The first kappa shape index (κ1) is 10.0. The molecule has 0 fully saturated rings. The number of para-hydroxylation sites is 1. The van der Waals surface area contributed by atoms with Gasteiger partial charge in [0, 0.05) is 11.7 Å². The van der Waals surface area contributed by atoms with Gasteiger partial charge in [0.2, 0.25) is 0 Å². The lowest BCUT2D eigenvalue weighted by atomic mass is 9.96. The monoisotopic (exact) mass is 205 g/mol. The first-order chi connectivity index (χ1) is 7.29. The van der Waals surface area contributed by atoms with Crippen LogP contribution in [-0.2, 0) is 16.0 Å². The molecule has 0 aromatic heterocycles. The molecule has 1 aromatic rings. The van der Waals surface area contributed by atoms with Crippen LogP contribution in [0, 0.1) is 0 Å². The summed E-state index contributed by atoms with van der Waals surface area (Å²) >= 11 is 0. The molecule has 2 rings (SSSR count). The third-order valence-electron chi connectivity index (χ3n) is 2.78. The molecular formula is C12H15NO2. The number of fused-ring (bicyclic) bond motifs is 1. The highest BCUT2D eigenvalue weighted by Crippen LogP contribution is 2.25. The number of benzene rings is 1. The molecule has 3 heteroatoms. The second kappa shape index (κ2) is 4.34. The Kier molecular flexibility index (Phi) is 2.90. The molecular weight excluding hydrogens is 190 g/mol. The highest BCUT2D eigenvalue weighted by atomic mass is 16.5. The lowest BCUT2D eigenvalue weighted by molar-refractivity contribution is -0.140. The van der Waals surface area contributed by atoms with Crippen LogP contribution in [0.2, 0.25) is 0 Å². The number of ether oxygens (including phenoxy) is 1. The zero-order chi connectivity index (χ0) is 10.7. The van der Waals surface area contributed by atoms with Crippen molar-refractivity contribution in [3.05, 3.63) is 29.8 Å². The molecule has 0 saturated heterocycles. The Morgan fingerprint density at radius 2 is 2.33 bits per heavy atom. The fraction of sp³-hybridized carbons (Fsp3) is 0.417. The number of hydrogen-bond acceptors (Lipinski definition) is 3. The number of rotatable bonds is 2. The minimum absolute atomic E-state index is 0.146. The smallest absolute Gasteiger partial charge is 0.307 e. The molecule has 0 bridgehead atoms. The molecule has 0 radical (unpaired) electrons. The second-order valence-corrected chi connectivity index (χ2v) is 3.82. The van der Waals surface area contributed by atoms with E-state index in [0.29, 0.717) is 6.42 Å². The van der Waals surface area contributed by atoms with E-state index in [4.69, 9.17) is 0 Å². The van der Waals surface area contributed by atoms with Crippen LogP contribution in [0.25, 0.3) is 0 Å². The van der Waals surface area contributed by atoms with Crippen LogP contribution in [0.3, 0.4) is 0 Å². The third kappa shape index (κ3) is 2.29. The molecule has 1 N–H and O–H groups in total. The van der Waals surface area contributed by atoms with Crippen molar-refractivity contribution in [2.75, 3.05) is 12.4 Å². The van der Waals surface area contributed by atoms with E-state index >= 15 is 0 Å². The van der Waals surface area contributed by atoms with Crippen LogP contribution in [0.15, 0.2) is 24.3 Å². The maximum absolute atomic E-state index is 11.1. The van der Waals surface area contributed by atoms with Crippen LogP contribution in [0.4, 0.5) is 5.69 Å². The highest BCUT2D eigenvalue weighted by Gasteiger charge is 2.19.